The number of rotatable bonds is 1. The number of fused-ring (bicyclic) bond motifs is 1. The van der Waals surface area contributed by atoms with Crippen LogP contribution in [0.3, 0.4) is 0 Å². The van der Waals surface area contributed by atoms with E-state index in [4.69, 9.17) is 11.6 Å². The predicted octanol–water partition coefficient (Wildman–Crippen LogP) is 2.24. The maximum Gasteiger partial charge on any atom is 0.253 e. The van der Waals surface area contributed by atoms with Gasteiger partial charge in [-0.2, -0.15) is 0 Å². The Morgan fingerprint density at radius 3 is 2.61 bits per heavy atom. The van der Waals surface area contributed by atoms with Crippen LogP contribution in [-0.4, -0.2) is 37.0 Å². The molecule has 2 aliphatic rings. The van der Waals surface area contributed by atoms with Crippen molar-refractivity contribution in [3.8, 4) is 0 Å². The summed E-state index contributed by atoms with van der Waals surface area (Å²) in [7, 11) is 0. The van der Waals surface area contributed by atoms with Crippen LogP contribution in [0.5, 0.6) is 0 Å². The lowest BCUT2D eigenvalue weighted by molar-refractivity contribution is 0.0781. The molecule has 1 amide bonds. The van der Waals surface area contributed by atoms with E-state index in [2.05, 4.69) is 27.9 Å². The molecule has 2 heterocycles. The summed E-state index contributed by atoms with van der Waals surface area (Å²) in [6.07, 6.45) is 0. The van der Waals surface area contributed by atoms with Gasteiger partial charge in [0, 0.05) is 35.3 Å². The molecule has 1 aromatic rings. The maximum absolute atomic E-state index is 12.4. The number of likely N-dealkylation sites (tertiary alicyclic amines) is 1. The fraction of sp³-hybridized carbons (Fsp3) is 0.462. The standard InChI is InChI=1S/C13H14ClIN2O/c14-11-2-1-8(3-12(11)15)13(18)17-6-9-4-16-5-10(9)7-17/h1-3,9-10,16H,4-7H2/t9-,10+. The van der Waals surface area contributed by atoms with Gasteiger partial charge in [-0.05, 0) is 52.6 Å². The molecule has 1 N–H and O–H groups in total. The van der Waals surface area contributed by atoms with Crippen LogP contribution in [0.1, 0.15) is 10.4 Å². The zero-order valence-corrected chi connectivity index (χ0v) is 12.7. The Hall–Kier alpha value is -0.330. The molecule has 3 nitrogen and oxygen atoms in total. The molecule has 18 heavy (non-hydrogen) atoms. The molecule has 2 atom stereocenters. The van der Waals surface area contributed by atoms with Crippen molar-refractivity contribution >= 4 is 40.1 Å². The molecule has 5 heteroatoms. The summed E-state index contributed by atoms with van der Waals surface area (Å²) >= 11 is 8.14. The highest BCUT2D eigenvalue weighted by atomic mass is 127. The van der Waals surface area contributed by atoms with E-state index < -0.39 is 0 Å². The first-order valence-electron chi connectivity index (χ1n) is 6.10. The summed E-state index contributed by atoms with van der Waals surface area (Å²) in [5.41, 5.74) is 0.747. The minimum absolute atomic E-state index is 0.138. The Bertz CT molecular complexity index is 482. The first-order valence-corrected chi connectivity index (χ1v) is 7.56. The Morgan fingerprint density at radius 2 is 2.00 bits per heavy atom. The summed E-state index contributed by atoms with van der Waals surface area (Å²) in [5, 5.41) is 4.09. The number of benzene rings is 1. The SMILES string of the molecule is O=C(c1ccc(Cl)c(I)c1)N1C[C@H]2CNC[C@H]2C1. The van der Waals surface area contributed by atoms with Crippen LogP contribution in [0.2, 0.25) is 5.02 Å². The Labute approximate surface area is 125 Å². The van der Waals surface area contributed by atoms with Gasteiger partial charge in [-0.25, -0.2) is 0 Å². The fourth-order valence-corrected chi connectivity index (χ4v) is 3.47. The molecule has 0 aromatic heterocycles. The van der Waals surface area contributed by atoms with Gasteiger partial charge in [0.15, 0.2) is 0 Å². The van der Waals surface area contributed by atoms with E-state index in [-0.39, 0.29) is 5.91 Å². The average molecular weight is 377 g/mol. The molecule has 96 valence electrons. The first kappa shape index (κ1) is 12.7. The molecule has 0 aliphatic carbocycles. The zero-order valence-electron chi connectivity index (χ0n) is 9.83. The molecule has 0 bridgehead atoms. The minimum Gasteiger partial charge on any atom is -0.338 e. The van der Waals surface area contributed by atoms with E-state index in [1.54, 1.807) is 6.07 Å². The second kappa shape index (κ2) is 4.98. The lowest BCUT2D eigenvalue weighted by Crippen LogP contribution is -2.31. The zero-order chi connectivity index (χ0) is 12.7. The molecule has 1 aromatic carbocycles. The van der Waals surface area contributed by atoms with Crippen LogP contribution in [0.15, 0.2) is 18.2 Å². The van der Waals surface area contributed by atoms with Gasteiger partial charge in [-0.1, -0.05) is 11.6 Å². The third-order valence-electron chi connectivity index (χ3n) is 3.84. The molecule has 2 saturated heterocycles. The van der Waals surface area contributed by atoms with Crippen LogP contribution in [0, 0.1) is 15.4 Å². The number of amides is 1. The highest BCUT2D eigenvalue weighted by Gasteiger charge is 2.38. The number of hydrogen-bond donors (Lipinski definition) is 1. The highest BCUT2D eigenvalue weighted by Crippen LogP contribution is 2.28. The third kappa shape index (κ3) is 2.26. The number of halogens is 2. The number of nitrogens with one attached hydrogen (secondary N) is 1. The van der Waals surface area contributed by atoms with Crippen molar-refractivity contribution in [2.24, 2.45) is 11.8 Å². The smallest absolute Gasteiger partial charge is 0.253 e. The van der Waals surface area contributed by atoms with Crippen molar-refractivity contribution in [2.45, 2.75) is 0 Å². The Morgan fingerprint density at radius 1 is 1.33 bits per heavy atom. The van der Waals surface area contributed by atoms with Crippen LogP contribution < -0.4 is 5.32 Å². The van der Waals surface area contributed by atoms with Crippen molar-refractivity contribution in [3.63, 3.8) is 0 Å². The molecule has 0 spiro atoms. The van der Waals surface area contributed by atoms with Crippen LogP contribution in [0.25, 0.3) is 0 Å². The van der Waals surface area contributed by atoms with Gasteiger partial charge in [0.25, 0.3) is 5.91 Å². The first-order chi connectivity index (χ1) is 8.65. The Balaban J connectivity index is 1.77. The second-order valence-corrected chi connectivity index (χ2v) is 6.59. The topological polar surface area (TPSA) is 32.3 Å². The van der Waals surface area contributed by atoms with Crippen LogP contribution in [-0.2, 0) is 0 Å². The second-order valence-electron chi connectivity index (χ2n) is 5.02. The van der Waals surface area contributed by atoms with Crippen molar-refractivity contribution in [1.82, 2.24) is 10.2 Å². The minimum atomic E-state index is 0.138. The quantitative estimate of drug-likeness (QED) is 0.763. The molecule has 3 rings (SSSR count). The molecule has 0 unspecified atom stereocenters. The van der Waals surface area contributed by atoms with E-state index in [9.17, 15) is 4.79 Å². The number of hydrogen-bond acceptors (Lipinski definition) is 2. The largest absolute Gasteiger partial charge is 0.338 e. The van der Waals surface area contributed by atoms with E-state index in [0.717, 1.165) is 35.3 Å². The molecule has 0 radical (unpaired) electrons. The number of carbonyl (C=O) groups is 1. The van der Waals surface area contributed by atoms with E-state index in [1.807, 2.05) is 17.0 Å². The third-order valence-corrected chi connectivity index (χ3v) is 5.38. The molecule has 0 saturated carbocycles. The lowest BCUT2D eigenvalue weighted by atomic mass is 10.0. The average Bonchev–Trinajstić information content (AvgIpc) is 2.92. The fourth-order valence-electron chi connectivity index (χ4n) is 2.83. The summed E-state index contributed by atoms with van der Waals surface area (Å²) < 4.78 is 0.932. The monoisotopic (exact) mass is 376 g/mol. The Kier molecular flexibility index (Phi) is 3.51. The summed E-state index contributed by atoms with van der Waals surface area (Å²) in [6, 6.07) is 5.49. The van der Waals surface area contributed by atoms with E-state index in [1.165, 1.54) is 0 Å². The number of nitrogens with zero attached hydrogens (tertiary/aromatic N) is 1. The lowest BCUT2D eigenvalue weighted by Gasteiger charge is -2.17. The molecular formula is C13H14ClIN2O. The van der Waals surface area contributed by atoms with Gasteiger partial charge in [-0.15, -0.1) is 0 Å². The molecular weight excluding hydrogens is 363 g/mol. The van der Waals surface area contributed by atoms with Gasteiger partial charge in [0.2, 0.25) is 0 Å². The van der Waals surface area contributed by atoms with E-state index >= 15 is 0 Å². The summed E-state index contributed by atoms with van der Waals surface area (Å²) in [6.45, 7) is 3.87. The van der Waals surface area contributed by atoms with Gasteiger partial charge in [0.05, 0.1) is 5.02 Å². The summed E-state index contributed by atoms with van der Waals surface area (Å²) in [4.78, 5) is 14.4. The molecule has 2 fully saturated rings. The van der Waals surface area contributed by atoms with Crippen molar-refractivity contribution in [2.75, 3.05) is 26.2 Å². The van der Waals surface area contributed by atoms with Gasteiger partial charge in [0.1, 0.15) is 0 Å². The summed E-state index contributed by atoms with van der Waals surface area (Å²) in [5.74, 6) is 1.42. The van der Waals surface area contributed by atoms with Crippen LogP contribution >= 0.6 is 34.2 Å². The van der Waals surface area contributed by atoms with E-state index in [0.29, 0.717) is 16.9 Å². The van der Waals surface area contributed by atoms with Gasteiger partial charge < -0.3 is 10.2 Å². The molecule has 2 aliphatic heterocycles. The highest BCUT2D eigenvalue weighted by molar-refractivity contribution is 14.1. The van der Waals surface area contributed by atoms with Gasteiger partial charge >= 0.3 is 0 Å². The van der Waals surface area contributed by atoms with Crippen molar-refractivity contribution < 1.29 is 4.79 Å². The van der Waals surface area contributed by atoms with Gasteiger partial charge in [-0.3, -0.25) is 4.79 Å². The maximum atomic E-state index is 12.4. The van der Waals surface area contributed by atoms with Crippen molar-refractivity contribution in [1.29, 1.82) is 0 Å². The predicted molar refractivity (Wildman–Crippen MR) is 79.9 cm³/mol. The number of carbonyl (C=O) groups excluding carboxylic acids is 1. The van der Waals surface area contributed by atoms with Crippen molar-refractivity contribution in [3.05, 3.63) is 32.4 Å². The van der Waals surface area contributed by atoms with Crippen LogP contribution in [0.4, 0.5) is 0 Å². The normalized spacial score (nSPS) is 26.4.